The molecule has 136 valence electrons. The topological polar surface area (TPSA) is 88.4 Å². The van der Waals surface area contributed by atoms with Gasteiger partial charge in [0.25, 0.3) is 5.91 Å². The van der Waals surface area contributed by atoms with Gasteiger partial charge in [-0.3, -0.25) is 4.79 Å². The maximum atomic E-state index is 12.1. The van der Waals surface area contributed by atoms with Crippen LogP contribution in [0.25, 0.3) is 6.08 Å². The molecule has 0 saturated carbocycles. The van der Waals surface area contributed by atoms with E-state index in [-0.39, 0.29) is 18.7 Å². The van der Waals surface area contributed by atoms with Crippen molar-refractivity contribution in [3.8, 4) is 11.8 Å². The first-order chi connectivity index (χ1) is 13.2. The van der Waals surface area contributed by atoms with Gasteiger partial charge in [-0.2, -0.15) is 5.26 Å². The number of ether oxygens (including phenoxy) is 1. The van der Waals surface area contributed by atoms with Gasteiger partial charge in [-0.1, -0.05) is 12.1 Å². The number of nitrogens with zero attached hydrogens (tertiary/aromatic N) is 1. The molecule has 0 unspecified atom stereocenters. The molecule has 1 N–H and O–H groups in total. The van der Waals surface area contributed by atoms with Gasteiger partial charge < -0.3 is 18.9 Å². The number of nitriles is 1. The average Bonchev–Trinajstić information content (AvgIpc) is 3.35. The number of carbonyl (C=O) groups excluding carboxylic acids is 1. The van der Waals surface area contributed by atoms with E-state index in [4.69, 9.17) is 13.6 Å². The van der Waals surface area contributed by atoms with Gasteiger partial charge in [0, 0.05) is 6.08 Å². The Labute approximate surface area is 164 Å². The number of amides is 1. The summed E-state index contributed by atoms with van der Waals surface area (Å²) in [5.41, 5.74) is -0.0609. The van der Waals surface area contributed by atoms with E-state index in [1.165, 1.54) is 12.3 Å². The van der Waals surface area contributed by atoms with Gasteiger partial charge >= 0.3 is 0 Å². The first kappa shape index (κ1) is 18.5. The third kappa shape index (κ3) is 5.12. The van der Waals surface area contributed by atoms with Gasteiger partial charge in [0.05, 0.1) is 17.3 Å². The lowest BCUT2D eigenvalue weighted by Crippen LogP contribution is -2.23. The zero-order valence-corrected chi connectivity index (χ0v) is 15.7. The van der Waals surface area contributed by atoms with Crippen LogP contribution < -0.4 is 10.1 Å². The smallest absolute Gasteiger partial charge is 0.262 e. The maximum Gasteiger partial charge on any atom is 0.262 e. The van der Waals surface area contributed by atoms with E-state index in [2.05, 4.69) is 21.2 Å². The largest absolute Gasteiger partial charge is 0.484 e. The summed E-state index contributed by atoms with van der Waals surface area (Å²) in [6.07, 6.45) is 2.91. The number of carbonyl (C=O) groups is 1. The Hall–Kier alpha value is -3.24. The molecule has 2 heterocycles. The third-order valence-corrected chi connectivity index (χ3v) is 4.20. The molecule has 0 aliphatic carbocycles. The molecule has 0 radical (unpaired) electrons. The highest BCUT2D eigenvalue weighted by molar-refractivity contribution is 9.10. The number of para-hydroxylation sites is 1. The predicted octanol–water partition coefficient (Wildman–Crippen LogP) is 4.44. The molecule has 1 aromatic carbocycles. The van der Waals surface area contributed by atoms with Crippen molar-refractivity contribution >= 4 is 27.9 Å². The Bertz CT molecular complexity index is 984. The Morgan fingerprint density at radius 3 is 2.78 bits per heavy atom. The molecule has 0 spiro atoms. The van der Waals surface area contributed by atoms with E-state index in [1.54, 1.807) is 24.3 Å². The van der Waals surface area contributed by atoms with Crippen LogP contribution in [0.2, 0.25) is 0 Å². The van der Waals surface area contributed by atoms with E-state index in [0.29, 0.717) is 23.0 Å². The molecule has 0 fully saturated rings. The van der Waals surface area contributed by atoms with E-state index < -0.39 is 5.91 Å². The van der Waals surface area contributed by atoms with E-state index in [1.807, 2.05) is 30.3 Å². The summed E-state index contributed by atoms with van der Waals surface area (Å²) in [5.74, 6) is 1.76. The highest BCUT2D eigenvalue weighted by Gasteiger charge is 2.11. The molecular weight excluding hydrogens is 412 g/mol. The summed E-state index contributed by atoms with van der Waals surface area (Å²) in [5, 5.41) is 11.9. The number of benzene rings is 1. The molecule has 0 aliphatic rings. The fraction of sp³-hybridized carbons (Fsp3) is 0.100. The van der Waals surface area contributed by atoms with Crippen molar-refractivity contribution in [1.82, 2.24) is 5.32 Å². The molecule has 1 amide bonds. The molecule has 0 atom stereocenters. The van der Waals surface area contributed by atoms with Crippen molar-refractivity contribution in [2.75, 3.05) is 0 Å². The molecule has 6 nitrogen and oxygen atoms in total. The summed E-state index contributed by atoms with van der Waals surface area (Å²) in [6.45, 7) is 0.428. The minimum Gasteiger partial charge on any atom is -0.484 e. The highest BCUT2D eigenvalue weighted by Crippen LogP contribution is 2.25. The van der Waals surface area contributed by atoms with Crippen LogP contribution in [0, 0.1) is 11.3 Å². The van der Waals surface area contributed by atoms with Crippen molar-refractivity contribution in [3.63, 3.8) is 0 Å². The maximum absolute atomic E-state index is 12.1. The second kappa shape index (κ2) is 8.92. The minimum atomic E-state index is -0.503. The summed E-state index contributed by atoms with van der Waals surface area (Å²) in [4.78, 5) is 12.1. The van der Waals surface area contributed by atoms with Crippen LogP contribution in [0.5, 0.6) is 5.75 Å². The van der Waals surface area contributed by atoms with E-state index >= 15 is 0 Å². The molecule has 2 aromatic heterocycles. The van der Waals surface area contributed by atoms with Crippen LogP contribution >= 0.6 is 15.9 Å². The van der Waals surface area contributed by atoms with Gasteiger partial charge in [0.2, 0.25) is 0 Å². The van der Waals surface area contributed by atoms with Gasteiger partial charge in [-0.25, -0.2) is 0 Å². The van der Waals surface area contributed by atoms with Crippen LogP contribution in [0.15, 0.2) is 73.7 Å². The van der Waals surface area contributed by atoms with Gasteiger partial charge in [0.15, 0.2) is 0 Å². The van der Waals surface area contributed by atoms with Crippen molar-refractivity contribution in [2.24, 2.45) is 0 Å². The summed E-state index contributed by atoms with van der Waals surface area (Å²) >= 11 is 3.41. The Morgan fingerprint density at radius 1 is 1.19 bits per heavy atom. The molecular formula is C20H15BrN2O4. The number of hydrogen-bond donors (Lipinski definition) is 1. The van der Waals surface area contributed by atoms with E-state index in [0.717, 1.165) is 4.47 Å². The van der Waals surface area contributed by atoms with Crippen molar-refractivity contribution < 1.29 is 18.4 Å². The lowest BCUT2D eigenvalue weighted by Gasteiger charge is -2.05. The summed E-state index contributed by atoms with van der Waals surface area (Å²) in [7, 11) is 0. The lowest BCUT2D eigenvalue weighted by atomic mass is 10.2. The number of halogens is 1. The predicted molar refractivity (Wildman–Crippen MR) is 101 cm³/mol. The van der Waals surface area contributed by atoms with Crippen molar-refractivity contribution in [2.45, 2.75) is 13.2 Å². The average molecular weight is 427 g/mol. The minimum absolute atomic E-state index is 0.0609. The van der Waals surface area contributed by atoms with Crippen LogP contribution in [0.4, 0.5) is 0 Å². The molecule has 3 aromatic rings. The van der Waals surface area contributed by atoms with Crippen LogP contribution in [0.3, 0.4) is 0 Å². The lowest BCUT2D eigenvalue weighted by molar-refractivity contribution is -0.117. The van der Waals surface area contributed by atoms with Crippen molar-refractivity contribution in [1.29, 1.82) is 5.26 Å². The monoisotopic (exact) mass is 426 g/mol. The number of rotatable bonds is 7. The summed E-state index contributed by atoms with van der Waals surface area (Å²) in [6, 6.07) is 16.2. The molecule has 0 aliphatic heterocycles. The van der Waals surface area contributed by atoms with Crippen LogP contribution in [0.1, 0.15) is 17.3 Å². The first-order valence-corrected chi connectivity index (χ1v) is 8.83. The Morgan fingerprint density at radius 2 is 2.04 bits per heavy atom. The van der Waals surface area contributed by atoms with Crippen LogP contribution in [-0.2, 0) is 17.9 Å². The van der Waals surface area contributed by atoms with Gasteiger partial charge in [-0.15, -0.1) is 0 Å². The second-order valence-corrected chi connectivity index (χ2v) is 6.31. The standard InChI is InChI=1S/C20H15BrN2O4/c21-18-5-1-2-6-19(18)26-13-17-8-7-15(27-17)10-14(11-22)20(24)23-12-16-4-3-9-25-16/h1-10H,12-13H2,(H,23,24). The molecule has 7 heteroatoms. The summed E-state index contributed by atoms with van der Waals surface area (Å²) < 4.78 is 17.3. The van der Waals surface area contributed by atoms with Crippen molar-refractivity contribution in [3.05, 3.63) is 82.1 Å². The zero-order valence-electron chi connectivity index (χ0n) is 14.1. The SMILES string of the molecule is N#CC(=Cc1ccc(COc2ccccc2Br)o1)C(=O)NCc1ccco1. The number of hydrogen-bond acceptors (Lipinski definition) is 5. The van der Waals surface area contributed by atoms with E-state index in [9.17, 15) is 10.1 Å². The third-order valence-electron chi connectivity index (χ3n) is 3.54. The second-order valence-electron chi connectivity index (χ2n) is 5.46. The first-order valence-electron chi connectivity index (χ1n) is 8.04. The fourth-order valence-electron chi connectivity index (χ4n) is 2.23. The Kier molecular flexibility index (Phi) is 6.13. The van der Waals surface area contributed by atoms with Gasteiger partial charge in [-0.05, 0) is 52.3 Å². The number of furan rings is 2. The Balaban J connectivity index is 1.61. The normalized spacial score (nSPS) is 11.0. The zero-order chi connectivity index (χ0) is 19.1. The fourth-order valence-corrected chi connectivity index (χ4v) is 2.63. The molecule has 0 saturated heterocycles. The van der Waals surface area contributed by atoms with Gasteiger partial charge in [0.1, 0.15) is 41.3 Å². The molecule has 27 heavy (non-hydrogen) atoms. The highest BCUT2D eigenvalue weighted by atomic mass is 79.9. The quantitative estimate of drug-likeness (QED) is 0.445. The number of nitrogens with one attached hydrogen (secondary N) is 1. The molecule has 3 rings (SSSR count). The molecule has 0 bridgehead atoms. The van der Waals surface area contributed by atoms with Crippen LogP contribution in [-0.4, -0.2) is 5.91 Å².